The van der Waals surface area contributed by atoms with Crippen LogP contribution in [-0.4, -0.2) is 38.2 Å². The second-order valence-corrected chi connectivity index (χ2v) is 10.1. The molecule has 36 heavy (non-hydrogen) atoms. The predicted octanol–water partition coefficient (Wildman–Crippen LogP) is 6.34. The van der Waals surface area contributed by atoms with Gasteiger partial charge in [-0.1, -0.05) is 46.3 Å². The molecule has 2 aliphatic heterocycles. The number of ether oxygens (including phenoxy) is 3. The maximum absolute atomic E-state index is 13.5. The molecule has 0 bridgehead atoms. The van der Waals surface area contributed by atoms with E-state index in [0.29, 0.717) is 31.0 Å². The summed E-state index contributed by atoms with van der Waals surface area (Å²) in [5.74, 6) is 2.51. The molecule has 5 nitrogen and oxygen atoms in total. The van der Waals surface area contributed by atoms with Gasteiger partial charge in [0.25, 0.3) is 5.91 Å². The Hall–Kier alpha value is -3.51. The van der Waals surface area contributed by atoms with Crippen LogP contribution >= 0.6 is 15.9 Å². The highest BCUT2D eigenvalue weighted by molar-refractivity contribution is 9.10. The number of amides is 1. The van der Waals surface area contributed by atoms with Crippen LogP contribution in [0.15, 0.2) is 71.2 Å². The quantitative estimate of drug-likeness (QED) is 0.301. The number of halogens is 1. The van der Waals surface area contributed by atoms with Crippen molar-refractivity contribution in [2.45, 2.75) is 18.9 Å². The first-order chi connectivity index (χ1) is 17.6. The zero-order valence-electron chi connectivity index (χ0n) is 20.2. The van der Waals surface area contributed by atoms with Crippen molar-refractivity contribution in [3.05, 3.63) is 99.0 Å². The molecule has 0 aliphatic carbocycles. The van der Waals surface area contributed by atoms with Gasteiger partial charge in [-0.2, -0.15) is 0 Å². The Balaban J connectivity index is 1.31. The minimum absolute atomic E-state index is 0.0384. The third-order valence-corrected chi connectivity index (χ3v) is 8.03. The number of carbonyl (C=O) groups is 1. The van der Waals surface area contributed by atoms with Crippen LogP contribution in [0.25, 0.3) is 10.8 Å². The summed E-state index contributed by atoms with van der Waals surface area (Å²) in [7, 11) is 3.28. The first kappa shape index (κ1) is 22.9. The zero-order valence-corrected chi connectivity index (χ0v) is 21.8. The monoisotopic (exact) mass is 543 g/mol. The van der Waals surface area contributed by atoms with Crippen LogP contribution in [0.1, 0.15) is 38.5 Å². The SMILES string of the molecule is COc1cc2c(cc1OC)CN(C(=O)c1ccc3c4c(ccc3c1)OCC4c1ccccc1Br)CC2. The van der Waals surface area contributed by atoms with E-state index in [-0.39, 0.29) is 11.8 Å². The van der Waals surface area contributed by atoms with Crippen molar-refractivity contribution < 1.29 is 19.0 Å². The molecule has 1 unspecified atom stereocenters. The molecule has 0 aromatic heterocycles. The van der Waals surface area contributed by atoms with Crippen LogP contribution in [0.2, 0.25) is 0 Å². The van der Waals surface area contributed by atoms with Gasteiger partial charge >= 0.3 is 0 Å². The van der Waals surface area contributed by atoms with E-state index in [1.807, 2.05) is 41.3 Å². The topological polar surface area (TPSA) is 48.0 Å². The van der Waals surface area contributed by atoms with Gasteiger partial charge in [0.1, 0.15) is 5.75 Å². The summed E-state index contributed by atoms with van der Waals surface area (Å²) in [6.45, 7) is 1.83. The van der Waals surface area contributed by atoms with Crippen molar-refractivity contribution in [2.24, 2.45) is 0 Å². The first-order valence-corrected chi connectivity index (χ1v) is 12.8. The minimum atomic E-state index is 0.0384. The number of nitrogens with zero attached hydrogens (tertiary/aromatic N) is 1. The lowest BCUT2D eigenvalue weighted by atomic mass is 9.89. The number of methoxy groups -OCH3 is 2. The van der Waals surface area contributed by atoms with E-state index in [1.54, 1.807) is 14.2 Å². The number of fused-ring (bicyclic) bond motifs is 4. The first-order valence-electron chi connectivity index (χ1n) is 12.0. The van der Waals surface area contributed by atoms with E-state index in [2.05, 4.69) is 46.3 Å². The Bertz CT molecular complexity index is 1500. The molecule has 4 aromatic carbocycles. The van der Waals surface area contributed by atoms with Gasteiger partial charge in [0.15, 0.2) is 11.5 Å². The Morgan fingerprint density at radius 1 is 0.972 bits per heavy atom. The fourth-order valence-corrected chi connectivity index (χ4v) is 6.01. The summed E-state index contributed by atoms with van der Waals surface area (Å²) in [6.07, 6.45) is 0.785. The molecule has 0 saturated carbocycles. The summed E-state index contributed by atoms with van der Waals surface area (Å²) in [6, 6.07) is 22.4. The summed E-state index contributed by atoms with van der Waals surface area (Å²) in [4.78, 5) is 15.4. The van der Waals surface area contributed by atoms with Crippen molar-refractivity contribution >= 4 is 32.6 Å². The molecular formula is C30H26BrNO4. The molecular weight excluding hydrogens is 518 g/mol. The van der Waals surface area contributed by atoms with Crippen LogP contribution in [0, 0.1) is 0 Å². The third-order valence-electron chi connectivity index (χ3n) is 7.31. The Morgan fingerprint density at radius 2 is 1.75 bits per heavy atom. The Kier molecular flexibility index (Phi) is 5.84. The smallest absolute Gasteiger partial charge is 0.254 e. The van der Waals surface area contributed by atoms with E-state index < -0.39 is 0 Å². The fourth-order valence-electron chi connectivity index (χ4n) is 5.45. The van der Waals surface area contributed by atoms with E-state index in [9.17, 15) is 4.79 Å². The van der Waals surface area contributed by atoms with Gasteiger partial charge in [0.2, 0.25) is 0 Å². The van der Waals surface area contributed by atoms with Gasteiger partial charge in [0.05, 0.1) is 20.8 Å². The summed E-state index contributed by atoms with van der Waals surface area (Å²) >= 11 is 3.70. The van der Waals surface area contributed by atoms with Crippen molar-refractivity contribution in [2.75, 3.05) is 27.4 Å². The Labute approximate surface area is 218 Å². The molecule has 2 heterocycles. The molecule has 0 fully saturated rings. The fraction of sp³-hybridized carbons (Fsp3) is 0.233. The molecule has 6 heteroatoms. The maximum atomic E-state index is 13.5. The van der Waals surface area contributed by atoms with Crippen LogP contribution in [-0.2, 0) is 13.0 Å². The van der Waals surface area contributed by atoms with Gasteiger partial charge in [-0.15, -0.1) is 0 Å². The molecule has 6 rings (SSSR count). The average molecular weight is 544 g/mol. The van der Waals surface area contributed by atoms with Crippen LogP contribution < -0.4 is 14.2 Å². The lowest BCUT2D eigenvalue weighted by Gasteiger charge is -2.30. The highest BCUT2D eigenvalue weighted by atomic mass is 79.9. The number of benzene rings is 4. The number of rotatable bonds is 4. The van der Waals surface area contributed by atoms with E-state index >= 15 is 0 Å². The summed E-state index contributed by atoms with van der Waals surface area (Å²) in [5, 5.41) is 2.18. The van der Waals surface area contributed by atoms with Gasteiger partial charge in [0, 0.05) is 34.6 Å². The van der Waals surface area contributed by atoms with Gasteiger partial charge in [-0.3, -0.25) is 4.79 Å². The number of hydrogen-bond donors (Lipinski definition) is 0. The second kappa shape index (κ2) is 9.17. The van der Waals surface area contributed by atoms with Crippen molar-refractivity contribution in [1.82, 2.24) is 4.90 Å². The van der Waals surface area contributed by atoms with E-state index in [0.717, 1.165) is 38.7 Å². The second-order valence-electron chi connectivity index (χ2n) is 9.25. The number of hydrogen-bond acceptors (Lipinski definition) is 4. The van der Waals surface area contributed by atoms with E-state index in [1.165, 1.54) is 16.7 Å². The van der Waals surface area contributed by atoms with Crippen LogP contribution in [0.3, 0.4) is 0 Å². The normalized spacial score (nSPS) is 16.3. The number of carbonyl (C=O) groups excluding carboxylic acids is 1. The maximum Gasteiger partial charge on any atom is 0.254 e. The van der Waals surface area contributed by atoms with Gasteiger partial charge in [-0.05, 0) is 70.3 Å². The van der Waals surface area contributed by atoms with Crippen molar-refractivity contribution in [1.29, 1.82) is 0 Å². The van der Waals surface area contributed by atoms with Crippen molar-refractivity contribution in [3.8, 4) is 17.2 Å². The van der Waals surface area contributed by atoms with Gasteiger partial charge < -0.3 is 19.1 Å². The molecule has 182 valence electrons. The molecule has 4 aromatic rings. The molecule has 1 amide bonds. The van der Waals surface area contributed by atoms with Crippen LogP contribution in [0.4, 0.5) is 0 Å². The molecule has 2 aliphatic rings. The largest absolute Gasteiger partial charge is 0.493 e. The van der Waals surface area contributed by atoms with E-state index in [4.69, 9.17) is 14.2 Å². The lowest BCUT2D eigenvalue weighted by Crippen LogP contribution is -2.36. The molecule has 0 N–H and O–H groups in total. The lowest BCUT2D eigenvalue weighted by molar-refractivity contribution is 0.0734. The predicted molar refractivity (Wildman–Crippen MR) is 143 cm³/mol. The summed E-state index contributed by atoms with van der Waals surface area (Å²) in [5.41, 5.74) is 5.39. The van der Waals surface area contributed by atoms with Crippen molar-refractivity contribution in [3.63, 3.8) is 0 Å². The zero-order chi connectivity index (χ0) is 24.8. The average Bonchev–Trinajstić information content (AvgIpc) is 3.36. The highest BCUT2D eigenvalue weighted by Gasteiger charge is 2.30. The molecule has 0 spiro atoms. The highest BCUT2D eigenvalue weighted by Crippen LogP contribution is 2.44. The summed E-state index contributed by atoms with van der Waals surface area (Å²) < 4.78 is 18.1. The molecule has 0 radical (unpaired) electrons. The van der Waals surface area contributed by atoms with Crippen LogP contribution in [0.5, 0.6) is 17.2 Å². The standard InChI is InChI=1S/C30H26BrNO4/c1-34-27-14-18-11-12-32(16-21(18)15-28(27)35-2)30(33)20-7-9-22-19(13-20)8-10-26-29(22)24(17-36-26)23-5-3-4-6-25(23)31/h3-10,13-15,24H,11-12,16-17H2,1-2H3. The Morgan fingerprint density at radius 3 is 2.53 bits per heavy atom. The molecule has 0 saturated heterocycles. The van der Waals surface area contributed by atoms with Gasteiger partial charge in [-0.25, -0.2) is 0 Å². The third kappa shape index (κ3) is 3.80. The minimum Gasteiger partial charge on any atom is -0.493 e. The molecule has 1 atom stereocenters.